The van der Waals surface area contributed by atoms with Gasteiger partial charge in [-0.05, 0) is 96.4 Å². The molecular formula is C52H36N2S. The zero-order valence-corrected chi connectivity index (χ0v) is 30.9. The van der Waals surface area contributed by atoms with Crippen LogP contribution in [0.15, 0.2) is 199 Å². The minimum absolute atomic E-state index is 0.495. The van der Waals surface area contributed by atoms with Crippen LogP contribution in [-0.4, -0.2) is 5.84 Å². The third-order valence-corrected chi connectivity index (χ3v) is 11.9. The standard InChI is InChI=1S/C52H36N2S/c53-52(38-14-5-2-6-15-38)54-48(36-24-22-35(23-25-36)34-12-3-1-4-13-34)30-27-37-16-11-20-44-41-17-7-8-18-42(41)46-32-39(26-29-45(46)51(37)44)40-28-31-50-47(33-40)43-19-9-10-21-49(43)55-50/h1-26,28-33H,27H2,(H2,53,54)/b48-30-. The van der Waals surface area contributed by atoms with Crippen molar-refractivity contribution < 1.29 is 0 Å². The zero-order chi connectivity index (χ0) is 36.7. The topological polar surface area (TPSA) is 38.4 Å². The summed E-state index contributed by atoms with van der Waals surface area (Å²) in [6.45, 7) is 0. The number of nitrogens with two attached hydrogens (primary N) is 1. The molecule has 260 valence electrons. The number of allylic oxidation sites excluding steroid dienone is 1. The highest BCUT2D eigenvalue weighted by Gasteiger charge is 2.14. The van der Waals surface area contributed by atoms with Gasteiger partial charge in [0.15, 0.2) is 0 Å². The minimum Gasteiger partial charge on any atom is -0.383 e. The molecule has 2 N–H and O–H groups in total. The molecule has 0 atom stereocenters. The summed E-state index contributed by atoms with van der Waals surface area (Å²) in [5.74, 6) is 0.495. The molecule has 10 rings (SSSR count). The van der Waals surface area contributed by atoms with Crippen molar-refractivity contribution >= 4 is 75.4 Å². The fraction of sp³-hybridized carbons (Fsp3) is 0.0192. The summed E-state index contributed by atoms with van der Waals surface area (Å²) in [5.41, 5.74) is 15.5. The van der Waals surface area contributed by atoms with Gasteiger partial charge in [0.05, 0.1) is 5.70 Å². The largest absolute Gasteiger partial charge is 0.383 e. The van der Waals surface area contributed by atoms with Gasteiger partial charge in [-0.3, -0.25) is 0 Å². The van der Waals surface area contributed by atoms with Gasteiger partial charge >= 0.3 is 0 Å². The van der Waals surface area contributed by atoms with E-state index in [0.717, 1.165) is 16.8 Å². The number of amidine groups is 1. The molecule has 0 aliphatic carbocycles. The van der Waals surface area contributed by atoms with Crippen LogP contribution in [0.2, 0.25) is 0 Å². The van der Waals surface area contributed by atoms with Crippen molar-refractivity contribution in [2.45, 2.75) is 6.42 Å². The van der Waals surface area contributed by atoms with Crippen molar-refractivity contribution in [3.05, 3.63) is 211 Å². The van der Waals surface area contributed by atoms with Crippen LogP contribution in [0.1, 0.15) is 16.7 Å². The second-order valence-electron chi connectivity index (χ2n) is 14.1. The summed E-state index contributed by atoms with van der Waals surface area (Å²) in [6, 6.07) is 67.3. The highest BCUT2D eigenvalue weighted by atomic mass is 32.1. The molecule has 10 aromatic rings. The van der Waals surface area contributed by atoms with Gasteiger partial charge in [-0.1, -0.05) is 170 Å². The number of nitrogens with zero attached hydrogens (tertiary/aromatic N) is 1. The summed E-state index contributed by atoms with van der Waals surface area (Å²) in [4.78, 5) is 5.06. The van der Waals surface area contributed by atoms with E-state index in [4.69, 9.17) is 10.7 Å². The lowest BCUT2D eigenvalue weighted by Gasteiger charge is -2.15. The fourth-order valence-electron chi connectivity index (χ4n) is 8.04. The van der Waals surface area contributed by atoms with Crippen LogP contribution in [0, 0.1) is 0 Å². The molecule has 0 bridgehead atoms. The Labute approximate surface area is 324 Å². The average Bonchev–Trinajstić information content (AvgIpc) is 3.63. The number of thiophene rings is 1. The molecule has 0 fully saturated rings. The molecule has 0 amide bonds. The van der Waals surface area contributed by atoms with E-state index in [1.54, 1.807) is 0 Å². The first-order valence-corrected chi connectivity index (χ1v) is 19.5. The summed E-state index contributed by atoms with van der Waals surface area (Å²) >= 11 is 1.86. The van der Waals surface area contributed by atoms with Crippen molar-refractivity contribution in [1.82, 2.24) is 0 Å². The quantitative estimate of drug-likeness (QED) is 0.0993. The predicted molar refractivity (Wildman–Crippen MR) is 238 cm³/mol. The van der Waals surface area contributed by atoms with Gasteiger partial charge in [-0.2, -0.15) is 0 Å². The number of hydrogen-bond donors (Lipinski definition) is 1. The average molecular weight is 721 g/mol. The lowest BCUT2D eigenvalue weighted by atomic mass is 9.89. The Balaban J connectivity index is 1.11. The van der Waals surface area contributed by atoms with Gasteiger partial charge in [0.2, 0.25) is 0 Å². The van der Waals surface area contributed by atoms with E-state index in [-0.39, 0.29) is 0 Å². The molecule has 0 saturated heterocycles. The Hall–Kier alpha value is -6.81. The van der Waals surface area contributed by atoms with Crippen molar-refractivity contribution in [3.8, 4) is 22.3 Å². The second kappa shape index (κ2) is 13.9. The van der Waals surface area contributed by atoms with Crippen LogP contribution < -0.4 is 5.73 Å². The van der Waals surface area contributed by atoms with Crippen molar-refractivity contribution in [1.29, 1.82) is 0 Å². The van der Waals surface area contributed by atoms with Gasteiger partial charge in [0.25, 0.3) is 0 Å². The van der Waals surface area contributed by atoms with Crippen molar-refractivity contribution in [2.24, 2.45) is 10.7 Å². The Morgan fingerprint density at radius 2 is 1.00 bits per heavy atom. The monoisotopic (exact) mass is 720 g/mol. The molecule has 3 heteroatoms. The molecule has 2 nitrogen and oxygen atoms in total. The Bertz CT molecular complexity index is 3100. The van der Waals surface area contributed by atoms with E-state index in [9.17, 15) is 0 Å². The molecule has 1 aromatic heterocycles. The third kappa shape index (κ3) is 6.05. The Morgan fingerprint density at radius 3 is 1.78 bits per heavy atom. The molecule has 0 aliphatic rings. The summed E-state index contributed by atoms with van der Waals surface area (Å²) in [5, 5.41) is 10.2. The van der Waals surface area contributed by atoms with Gasteiger partial charge in [-0.15, -0.1) is 11.3 Å². The number of aliphatic imine (C=N–C) groups is 1. The molecule has 0 saturated carbocycles. The van der Waals surface area contributed by atoms with Crippen molar-refractivity contribution in [3.63, 3.8) is 0 Å². The lowest BCUT2D eigenvalue weighted by Crippen LogP contribution is -2.13. The maximum absolute atomic E-state index is 6.67. The molecule has 0 aliphatic heterocycles. The Kier molecular flexibility index (Phi) is 8.28. The number of rotatable bonds is 7. The summed E-state index contributed by atoms with van der Waals surface area (Å²) < 4.78 is 2.65. The van der Waals surface area contributed by atoms with E-state index in [2.05, 4.69) is 158 Å². The van der Waals surface area contributed by atoms with Gasteiger partial charge in [-0.25, -0.2) is 4.99 Å². The summed E-state index contributed by atoms with van der Waals surface area (Å²) in [7, 11) is 0. The molecule has 1 heterocycles. The van der Waals surface area contributed by atoms with Gasteiger partial charge in [0, 0.05) is 25.7 Å². The van der Waals surface area contributed by atoms with E-state index >= 15 is 0 Å². The number of hydrogen-bond acceptors (Lipinski definition) is 2. The molecule has 9 aromatic carbocycles. The first kappa shape index (κ1) is 32.8. The highest BCUT2D eigenvalue weighted by Crippen LogP contribution is 2.41. The maximum Gasteiger partial charge on any atom is 0.131 e. The van der Waals surface area contributed by atoms with Crippen LogP contribution in [0.5, 0.6) is 0 Å². The van der Waals surface area contributed by atoms with Crippen molar-refractivity contribution in [2.75, 3.05) is 0 Å². The van der Waals surface area contributed by atoms with Crippen LogP contribution >= 0.6 is 11.3 Å². The maximum atomic E-state index is 6.67. The number of fused-ring (bicyclic) bond motifs is 9. The second-order valence-corrected chi connectivity index (χ2v) is 15.1. The SMILES string of the molecule is NC(=N/C(=C\Cc1cccc2c3ccccc3c3cc(-c4ccc5sc6ccccc6c5c4)ccc3c12)c1ccc(-c2ccccc2)cc1)c1ccccc1. The first-order valence-electron chi connectivity index (χ1n) is 18.7. The van der Waals surface area contributed by atoms with Crippen LogP contribution in [0.25, 0.3) is 80.4 Å². The van der Waals surface area contributed by atoms with Crippen LogP contribution in [0.4, 0.5) is 0 Å². The summed E-state index contributed by atoms with van der Waals surface area (Å²) in [6.07, 6.45) is 2.92. The highest BCUT2D eigenvalue weighted by molar-refractivity contribution is 7.25. The van der Waals surface area contributed by atoms with Gasteiger partial charge < -0.3 is 5.73 Å². The Morgan fingerprint density at radius 1 is 0.436 bits per heavy atom. The van der Waals surface area contributed by atoms with E-state index < -0.39 is 0 Å². The normalized spacial score (nSPS) is 12.4. The zero-order valence-electron chi connectivity index (χ0n) is 30.1. The molecule has 0 unspecified atom stereocenters. The molecular weight excluding hydrogens is 685 g/mol. The molecule has 55 heavy (non-hydrogen) atoms. The minimum atomic E-state index is 0.495. The lowest BCUT2D eigenvalue weighted by molar-refractivity contribution is 1.29. The van der Waals surface area contributed by atoms with Crippen LogP contribution in [-0.2, 0) is 6.42 Å². The smallest absolute Gasteiger partial charge is 0.131 e. The van der Waals surface area contributed by atoms with E-state index in [1.807, 2.05) is 47.7 Å². The number of benzene rings is 9. The molecule has 0 radical (unpaired) electrons. The molecule has 0 spiro atoms. The van der Waals surface area contributed by atoms with Gasteiger partial charge in [0.1, 0.15) is 5.84 Å². The third-order valence-electron chi connectivity index (χ3n) is 10.8. The van der Waals surface area contributed by atoms with Crippen LogP contribution in [0.3, 0.4) is 0 Å². The fourth-order valence-corrected chi connectivity index (χ4v) is 9.12. The van der Waals surface area contributed by atoms with E-state index in [0.29, 0.717) is 12.3 Å². The predicted octanol–water partition coefficient (Wildman–Crippen LogP) is 13.8. The van der Waals surface area contributed by atoms with E-state index in [1.165, 1.54) is 80.3 Å². The first-order chi connectivity index (χ1) is 27.2.